The van der Waals surface area contributed by atoms with Crippen molar-refractivity contribution >= 4 is 29.9 Å². The number of nitrogens with zero attached hydrogens (tertiary/aromatic N) is 1. The lowest BCUT2D eigenvalue weighted by atomic mass is 10.1. The number of halogens is 6. The van der Waals surface area contributed by atoms with E-state index in [4.69, 9.17) is 9.47 Å². The Morgan fingerprint density at radius 2 is 1.62 bits per heavy atom. The average molecular weight is 575 g/mol. The molecule has 13 heteroatoms. The first-order valence-corrected chi connectivity index (χ1v) is 8.91. The van der Waals surface area contributed by atoms with Gasteiger partial charge in [0.25, 0.3) is 0 Å². The fourth-order valence-electron chi connectivity index (χ4n) is 2.80. The Morgan fingerprint density at radius 3 is 2.28 bits per heavy atom. The van der Waals surface area contributed by atoms with Crippen molar-refractivity contribution in [3.05, 3.63) is 47.3 Å². The second-order valence-corrected chi connectivity index (χ2v) is 6.07. The van der Waals surface area contributed by atoms with Crippen molar-refractivity contribution in [3.63, 3.8) is 0 Å². The van der Waals surface area contributed by atoms with E-state index in [1.807, 2.05) is 0 Å². The van der Waals surface area contributed by atoms with Crippen LogP contribution in [-0.2, 0) is 13.1 Å². The highest BCUT2D eigenvalue weighted by Gasteiger charge is 2.20. The normalized spacial score (nSPS) is 12.6. The van der Waals surface area contributed by atoms with Crippen LogP contribution in [0.2, 0.25) is 0 Å². The first-order valence-electron chi connectivity index (χ1n) is 8.91. The molecule has 0 saturated carbocycles. The van der Waals surface area contributed by atoms with E-state index in [-0.39, 0.29) is 72.6 Å². The number of ether oxygens (including phenoxy) is 4. The maximum absolute atomic E-state index is 14.1. The first kappa shape index (κ1) is 25.5. The molecule has 0 aliphatic carbocycles. The predicted molar refractivity (Wildman–Crippen MR) is 115 cm³/mol. The van der Waals surface area contributed by atoms with Crippen molar-refractivity contribution < 1.29 is 40.9 Å². The van der Waals surface area contributed by atoms with Gasteiger partial charge in [-0.05, 0) is 18.2 Å². The van der Waals surface area contributed by atoms with Crippen molar-refractivity contribution in [2.75, 3.05) is 13.8 Å². The SMILES string of the molecule is CN=C(NCc1cc2c(cc1OC(F)F)OCO2)NCc1c(F)cccc1OC(F)F.I. The molecule has 0 fully saturated rings. The van der Waals surface area contributed by atoms with Gasteiger partial charge in [0.05, 0.1) is 0 Å². The molecule has 2 N–H and O–H groups in total. The Bertz CT molecular complexity index is 949. The number of nitrogens with one attached hydrogen (secondary N) is 2. The van der Waals surface area contributed by atoms with Gasteiger partial charge in [-0.3, -0.25) is 4.99 Å². The maximum atomic E-state index is 14.1. The summed E-state index contributed by atoms with van der Waals surface area (Å²) in [5, 5.41) is 5.60. The molecule has 176 valence electrons. The lowest BCUT2D eigenvalue weighted by Crippen LogP contribution is -2.36. The molecule has 0 saturated heterocycles. The lowest BCUT2D eigenvalue weighted by Gasteiger charge is -2.16. The highest BCUT2D eigenvalue weighted by atomic mass is 127. The van der Waals surface area contributed by atoms with Crippen molar-refractivity contribution in [2.24, 2.45) is 4.99 Å². The van der Waals surface area contributed by atoms with Crippen molar-refractivity contribution in [1.29, 1.82) is 0 Å². The molecule has 2 aromatic rings. The van der Waals surface area contributed by atoms with Gasteiger partial charge in [0.2, 0.25) is 6.79 Å². The average Bonchev–Trinajstić information content (AvgIpc) is 3.16. The summed E-state index contributed by atoms with van der Waals surface area (Å²) in [7, 11) is 1.42. The number of guanidine groups is 1. The minimum atomic E-state index is -3.11. The van der Waals surface area contributed by atoms with Crippen LogP contribution < -0.4 is 29.6 Å². The van der Waals surface area contributed by atoms with Gasteiger partial charge in [-0.15, -0.1) is 24.0 Å². The van der Waals surface area contributed by atoms with E-state index in [1.54, 1.807) is 0 Å². The molecular weight excluding hydrogens is 556 g/mol. The minimum absolute atomic E-state index is 0. The van der Waals surface area contributed by atoms with E-state index < -0.39 is 19.0 Å². The smallest absolute Gasteiger partial charge is 0.387 e. The van der Waals surface area contributed by atoms with E-state index in [0.717, 1.165) is 6.07 Å². The number of hydrogen-bond acceptors (Lipinski definition) is 5. The van der Waals surface area contributed by atoms with E-state index in [2.05, 4.69) is 25.1 Å². The number of hydrogen-bond donors (Lipinski definition) is 2. The fourth-order valence-corrected chi connectivity index (χ4v) is 2.80. The number of rotatable bonds is 8. The molecule has 0 radical (unpaired) electrons. The Hall–Kier alpha value is -2.71. The summed E-state index contributed by atoms with van der Waals surface area (Å²) >= 11 is 0. The summed E-state index contributed by atoms with van der Waals surface area (Å²) in [4.78, 5) is 3.94. The molecule has 1 aliphatic rings. The Balaban J connectivity index is 0.00000363. The van der Waals surface area contributed by atoms with Gasteiger partial charge in [-0.1, -0.05) is 6.07 Å². The minimum Gasteiger partial charge on any atom is -0.454 e. The standard InChI is InChI=1S/C19H18F5N3O4.HI/c1-25-19(27-8-11-12(20)3-2-4-13(11)30-17(21)22)26-7-10-5-15-16(29-9-28-15)6-14(10)31-18(23)24;/h2-6,17-18H,7-9H2,1H3,(H2,25,26,27);1H. The molecule has 0 amide bonds. The third-order valence-corrected chi connectivity index (χ3v) is 4.17. The van der Waals surface area contributed by atoms with E-state index in [9.17, 15) is 22.0 Å². The van der Waals surface area contributed by atoms with Crippen LogP contribution in [0, 0.1) is 5.82 Å². The summed E-state index contributed by atoms with van der Waals surface area (Å²) in [6, 6.07) is 6.32. The number of fused-ring (bicyclic) bond motifs is 1. The molecule has 0 atom stereocenters. The monoisotopic (exact) mass is 575 g/mol. The van der Waals surface area contributed by atoms with Gasteiger partial charge in [0, 0.05) is 37.3 Å². The Labute approximate surface area is 196 Å². The maximum Gasteiger partial charge on any atom is 0.387 e. The molecule has 0 aromatic heterocycles. The topological polar surface area (TPSA) is 73.3 Å². The summed E-state index contributed by atoms with van der Waals surface area (Å²) < 4.78 is 83.9. The van der Waals surface area contributed by atoms with Gasteiger partial charge < -0.3 is 29.6 Å². The zero-order chi connectivity index (χ0) is 22.4. The molecule has 0 spiro atoms. The van der Waals surface area contributed by atoms with Crippen molar-refractivity contribution in [1.82, 2.24) is 10.6 Å². The fraction of sp³-hybridized carbons (Fsp3) is 0.316. The van der Waals surface area contributed by atoms with Crippen LogP contribution in [0.25, 0.3) is 0 Å². The van der Waals surface area contributed by atoms with Crippen LogP contribution in [-0.4, -0.2) is 33.0 Å². The molecule has 1 heterocycles. The van der Waals surface area contributed by atoms with E-state index >= 15 is 0 Å². The summed E-state index contributed by atoms with van der Waals surface area (Å²) in [5.41, 5.74) is 0.190. The summed E-state index contributed by atoms with van der Waals surface area (Å²) in [6.45, 7) is -6.45. The third-order valence-electron chi connectivity index (χ3n) is 4.17. The molecular formula is C19H19F5IN3O4. The molecule has 0 unspecified atom stereocenters. The number of aliphatic imine (C=N–C) groups is 1. The Morgan fingerprint density at radius 1 is 1.00 bits per heavy atom. The van der Waals surface area contributed by atoms with Crippen LogP contribution in [0.1, 0.15) is 11.1 Å². The summed E-state index contributed by atoms with van der Waals surface area (Å²) in [5.74, 6) is -0.406. The zero-order valence-corrected chi connectivity index (χ0v) is 18.9. The van der Waals surface area contributed by atoms with Gasteiger partial charge in [0.15, 0.2) is 17.5 Å². The number of benzene rings is 2. The van der Waals surface area contributed by atoms with Crippen LogP contribution in [0.5, 0.6) is 23.0 Å². The molecule has 1 aliphatic heterocycles. The van der Waals surface area contributed by atoms with Crippen LogP contribution in [0.15, 0.2) is 35.3 Å². The molecule has 0 bridgehead atoms. The predicted octanol–water partition coefficient (Wildman–Crippen LogP) is 4.24. The van der Waals surface area contributed by atoms with E-state index in [1.165, 1.54) is 31.3 Å². The molecule has 2 aromatic carbocycles. The quantitative estimate of drug-likeness (QED) is 0.213. The van der Waals surface area contributed by atoms with Crippen LogP contribution in [0.3, 0.4) is 0 Å². The van der Waals surface area contributed by atoms with Crippen molar-refractivity contribution in [2.45, 2.75) is 26.3 Å². The lowest BCUT2D eigenvalue weighted by molar-refractivity contribution is -0.0512. The largest absolute Gasteiger partial charge is 0.454 e. The first-order chi connectivity index (χ1) is 14.9. The molecule has 3 rings (SSSR count). The highest BCUT2D eigenvalue weighted by molar-refractivity contribution is 14.0. The van der Waals surface area contributed by atoms with Gasteiger partial charge in [0.1, 0.15) is 17.3 Å². The van der Waals surface area contributed by atoms with Gasteiger partial charge >= 0.3 is 13.2 Å². The second-order valence-electron chi connectivity index (χ2n) is 6.07. The third kappa shape index (κ3) is 6.64. The molecule has 7 nitrogen and oxygen atoms in total. The zero-order valence-electron chi connectivity index (χ0n) is 16.5. The second kappa shape index (κ2) is 11.8. The van der Waals surface area contributed by atoms with Gasteiger partial charge in [-0.25, -0.2) is 4.39 Å². The van der Waals surface area contributed by atoms with Crippen LogP contribution in [0.4, 0.5) is 22.0 Å². The molecule has 32 heavy (non-hydrogen) atoms. The van der Waals surface area contributed by atoms with Crippen molar-refractivity contribution in [3.8, 4) is 23.0 Å². The highest BCUT2D eigenvalue weighted by Crippen LogP contribution is 2.38. The number of alkyl halides is 4. The Kier molecular flexibility index (Phi) is 9.41. The summed E-state index contributed by atoms with van der Waals surface area (Å²) in [6.07, 6.45) is 0. The van der Waals surface area contributed by atoms with Crippen LogP contribution >= 0.6 is 24.0 Å². The van der Waals surface area contributed by atoms with E-state index in [0.29, 0.717) is 11.3 Å². The van der Waals surface area contributed by atoms with Gasteiger partial charge in [-0.2, -0.15) is 17.6 Å².